The number of urea groups is 1. The van der Waals surface area contributed by atoms with E-state index in [0.29, 0.717) is 29.3 Å². The molecule has 0 bridgehead atoms. The lowest BCUT2D eigenvalue weighted by Gasteiger charge is -2.39. The van der Waals surface area contributed by atoms with Crippen LogP contribution in [0.15, 0.2) is 53.7 Å². The number of nitrogens with zero attached hydrogens (tertiary/aromatic N) is 1. The van der Waals surface area contributed by atoms with E-state index in [4.69, 9.17) is 14.2 Å². The van der Waals surface area contributed by atoms with E-state index in [9.17, 15) is 9.59 Å². The van der Waals surface area contributed by atoms with Crippen LogP contribution in [0.3, 0.4) is 0 Å². The number of methoxy groups -OCH3 is 2. The van der Waals surface area contributed by atoms with Crippen LogP contribution in [0.4, 0.5) is 4.79 Å². The van der Waals surface area contributed by atoms with Crippen LogP contribution >= 0.6 is 0 Å². The number of carbonyl (C=O) groups excluding carboxylic acids is 2. The summed E-state index contributed by atoms with van der Waals surface area (Å²) in [6.07, 6.45) is 0.794. The van der Waals surface area contributed by atoms with E-state index in [1.54, 1.807) is 28.1 Å². The van der Waals surface area contributed by atoms with Crippen LogP contribution < -0.4 is 20.1 Å². The van der Waals surface area contributed by atoms with Gasteiger partial charge in [0.2, 0.25) is 0 Å². The molecule has 0 saturated carbocycles. The van der Waals surface area contributed by atoms with Crippen LogP contribution in [0.2, 0.25) is 0 Å². The molecule has 2 aliphatic heterocycles. The van der Waals surface area contributed by atoms with Crippen LogP contribution in [0.25, 0.3) is 0 Å². The second-order valence-electron chi connectivity index (χ2n) is 8.37. The highest BCUT2D eigenvalue weighted by atomic mass is 16.5. The summed E-state index contributed by atoms with van der Waals surface area (Å²) in [5.41, 5.74) is 4.43. The van der Waals surface area contributed by atoms with E-state index >= 15 is 0 Å². The minimum atomic E-state index is -0.445. The molecule has 0 fully saturated rings. The molecule has 180 valence electrons. The van der Waals surface area contributed by atoms with Gasteiger partial charge in [-0.25, -0.2) is 9.59 Å². The molecule has 4 rings (SSSR count). The van der Waals surface area contributed by atoms with Gasteiger partial charge in [0.25, 0.3) is 0 Å². The number of carbonyl (C=O) groups is 2. The zero-order valence-electron chi connectivity index (χ0n) is 20.0. The molecule has 2 atom stereocenters. The van der Waals surface area contributed by atoms with Gasteiger partial charge in [-0.15, -0.1) is 0 Å². The minimum absolute atomic E-state index is 0.0946. The molecule has 0 aromatic heterocycles. The maximum atomic E-state index is 12.8. The van der Waals surface area contributed by atoms with Gasteiger partial charge in [0.05, 0.1) is 38.5 Å². The maximum absolute atomic E-state index is 12.8. The monoisotopic (exact) mass is 465 g/mol. The molecule has 0 unspecified atom stereocenters. The van der Waals surface area contributed by atoms with Crippen molar-refractivity contribution in [2.75, 3.05) is 33.9 Å². The highest BCUT2D eigenvalue weighted by Gasteiger charge is 2.35. The van der Waals surface area contributed by atoms with Gasteiger partial charge in [-0.05, 0) is 49.1 Å². The summed E-state index contributed by atoms with van der Waals surface area (Å²) >= 11 is 0. The third kappa shape index (κ3) is 4.59. The maximum Gasteiger partial charge on any atom is 0.337 e. The second-order valence-corrected chi connectivity index (χ2v) is 8.37. The lowest BCUT2D eigenvalue weighted by Crippen LogP contribution is -2.52. The average Bonchev–Trinajstić information content (AvgIpc) is 2.83. The second kappa shape index (κ2) is 10.2. The Kier molecular flexibility index (Phi) is 7.07. The number of rotatable bonds is 7. The number of hydrogen-bond donors (Lipinski definition) is 2. The van der Waals surface area contributed by atoms with Gasteiger partial charge >= 0.3 is 12.0 Å². The van der Waals surface area contributed by atoms with Crippen LogP contribution in [0, 0.1) is 0 Å². The Bertz CT molecular complexity index is 1100. The third-order valence-corrected chi connectivity index (χ3v) is 6.32. The number of amides is 2. The fourth-order valence-corrected chi connectivity index (χ4v) is 4.80. The molecule has 0 radical (unpaired) electrons. The van der Waals surface area contributed by atoms with Gasteiger partial charge < -0.3 is 24.8 Å². The number of esters is 1. The highest BCUT2D eigenvalue weighted by molar-refractivity contribution is 5.94. The molecule has 0 saturated heterocycles. The molecule has 0 spiro atoms. The largest absolute Gasteiger partial charge is 0.493 e. The Labute approximate surface area is 199 Å². The van der Waals surface area contributed by atoms with E-state index < -0.39 is 12.0 Å². The standard InChI is InChI=1S/C26H31N3O5/c1-5-34-25(30)23-16(2)27-26(31)28-20(23)15-29-12-11-18-13-21(32-3)22(33-4)14-19(18)24(29)17-9-7-6-8-10-17/h6-10,13-14,16,24H,5,11-12,15H2,1-4H3,(H2,27,28,31)/t16-,24+/m0/s1. The first-order chi connectivity index (χ1) is 16.5. The van der Waals surface area contributed by atoms with Crippen molar-refractivity contribution in [3.05, 3.63) is 70.4 Å². The predicted octanol–water partition coefficient (Wildman–Crippen LogP) is 3.17. The molecular weight excluding hydrogens is 434 g/mol. The summed E-state index contributed by atoms with van der Waals surface area (Å²) in [7, 11) is 3.27. The summed E-state index contributed by atoms with van der Waals surface area (Å²) in [4.78, 5) is 27.3. The van der Waals surface area contributed by atoms with Crippen molar-refractivity contribution in [2.24, 2.45) is 0 Å². The molecule has 2 heterocycles. The molecule has 2 N–H and O–H groups in total. The van der Waals surface area contributed by atoms with Gasteiger partial charge in [0.1, 0.15) is 0 Å². The molecule has 2 aromatic rings. The quantitative estimate of drug-likeness (QED) is 0.611. The molecule has 2 aromatic carbocycles. The molecular formula is C26H31N3O5. The molecule has 8 heteroatoms. The average molecular weight is 466 g/mol. The molecule has 2 aliphatic rings. The van der Waals surface area contributed by atoms with Gasteiger partial charge in [-0.2, -0.15) is 0 Å². The first-order valence-electron chi connectivity index (χ1n) is 11.5. The van der Waals surface area contributed by atoms with Crippen LogP contribution in [0.1, 0.15) is 36.6 Å². The van der Waals surface area contributed by atoms with Gasteiger partial charge in [0, 0.05) is 18.8 Å². The first kappa shape index (κ1) is 23.6. The van der Waals surface area contributed by atoms with Crippen molar-refractivity contribution < 1.29 is 23.8 Å². The van der Waals surface area contributed by atoms with E-state index in [2.05, 4.69) is 27.7 Å². The summed E-state index contributed by atoms with van der Waals surface area (Å²) in [6, 6.07) is 13.4. The predicted molar refractivity (Wildman–Crippen MR) is 128 cm³/mol. The van der Waals surface area contributed by atoms with Crippen molar-refractivity contribution in [2.45, 2.75) is 32.4 Å². The lowest BCUT2D eigenvalue weighted by atomic mass is 9.87. The Morgan fingerprint density at radius 3 is 2.50 bits per heavy atom. The Balaban J connectivity index is 1.79. The number of ether oxygens (including phenoxy) is 3. The first-order valence-corrected chi connectivity index (χ1v) is 11.5. The van der Waals surface area contributed by atoms with Crippen molar-refractivity contribution in [1.82, 2.24) is 15.5 Å². The topological polar surface area (TPSA) is 89.1 Å². The van der Waals surface area contributed by atoms with Crippen molar-refractivity contribution >= 4 is 12.0 Å². The third-order valence-electron chi connectivity index (χ3n) is 6.32. The van der Waals surface area contributed by atoms with Crippen LogP contribution in [-0.2, 0) is 16.0 Å². The lowest BCUT2D eigenvalue weighted by molar-refractivity contribution is -0.139. The van der Waals surface area contributed by atoms with Crippen LogP contribution in [-0.4, -0.2) is 56.9 Å². The molecule has 0 aliphatic carbocycles. The van der Waals surface area contributed by atoms with E-state index in [1.165, 1.54) is 5.56 Å². The van der Waals surface area contributed by atoms with Gasteiger partial charge in [-0.1, -0.05) is 30.3 Å². The highest BCUT2D eigenvalue weighted by Crippen LogP contribution is 2.41. The zero-order chi connectivity index (χ0) is 24.2. The molecule has 2 amide bonds. The SMILES string of the molecule is CCOC(=O)C1=C(CN2CCc3cc(OC)c(OC)cc3[C@H]2c2ccccc2)NC(=O)N[C@H]1C. The fraction of sp³-hybridized carbons (Fsp3) is 0.385. The van der Waals surface area contributed by atoms with Gasteiger partial charge in [-0.3, -0.25) is 4.90 Å². The summed E-state index contributed by atoms with van der Waals surface area (Å²) in [6.45, 7) is 4.95. The zero-order valence-corrected chi connectivity index (χ0v) is 20.0. The number of benzene rings is 2. The van der Waals surface area contributed by atoms with E-state index in [1.807, 2.05) is 30.3 Å². The number of fused-ring (bicyclic) bond motifs is 1. The van der Waals surface area contributed by atoms with Crippen molar-refractivity contribution in [3.8, 4) is 11.5 Å². The summed E-state index contributed by atoms with van der Waals surface area (Å²) in [5, 5.41) is 5.63. The van der Waals surface area contributed by atoms with Gasteiger partial charge in [0.15, 0.2) is 11.5 Å². The Morgan fingerprint density at radius 2 is 1.82 bits per heavy atom. The van der Waals surface area contributed by atoms with Crippen molar-refractivity contribution in [1.29, 1.82) is 0 Å². The Hall–Kier alpha value is -3.52. The Morgan fingerprint density at radius 1 is 1.12 bits per heavy atom. The smallest absolute Gasteiger partial charge is 0.337 e. The molecule has 34 heavy (non-hydrogen) atoms. The summed E-state index contributed by atoms with van der Waals surface area (Å²) < 4.78 is 16.4. The van der Waals surface area contributed by atoms with Crippen molar-refractivity contribution in [3.63, 3.8) is 0 Å². The molecule has 8 nitrogen and oxygen atoms in total. The normalized spacial score (nSPS) is 20.2. The minimum Gasteiger partial charge on any atom is -0.493 e. The summed E-state index contributed by atoms with van der Waals surface area (Å²) in [5.74, 6) is 0.949. The number of hydrogen-bond acceptors (Lipinski definition) is 6. The van der Waals surface area contributed by atoms with E-state index in [0.717, 1.165) is 24.1 Å². The van der Waals surface area contributed by atoms with E-state index in [-0.39, 0.29) is 18.7 Å². The van der Waals surface area contributed by atoms with Crippen LogP contribution in [0.5, 0.6) is 11.5 Å². The fourth-order valence-electron chi connectivity index (χ4n) is 4.80. The number of nitrogens with one attached hydrogen (secondary N) is 2.